The summed E-state index contributed by atoms with van der Waals surface area (Å²) < 4.78 is 1.75. The Morgan fingerprint density at radius 3 is 2.59 bits per heavy atom. The van der Waals surface area contributed by atoms with Gasteiger partial charge in [-0.25, -0.2) is 14.5 Å². The first-order chi connectivity index (χ1) is 14.1. The van der Waals surface area contributed by atoms with Crippen LogP contribution in [0.2, 0.25) is 0 Å². The van der Waals surface area contributed by atoms with Gasteiger partial charge in [0.15, 0.2) is 0 Å². The zero-order valence-electron chi connectivity index (χ0n) is 16.3. The van der Waals surface area contributed by atoms with E-state index in [-0.39, 0.29) is 24.2 Å². The molecule has 1 fully saturated rings. The molecule has 8 heteroatoms. The summed E-state index contributed by atoms with van der Waals surface area (Å²) in [5.41, 5.74) is 4.57. The predicted octanol–water partition coefficient (Wildman–Crippen LogP) is 2.09. The zero-order chi connectivity index (χ0) is 20.0. The molecular weight excluding hydrogens is 368 g/mol. The zero-order valence-corrected chi connectivity index (χ0v) is 16.3. The molecule has 0 saturated carbocycles. The van der Waals surface area contributed by atoms with Crippen LogP contribution in [0, 0.1) is 5.92 Å². The molecule has 0 radical (unpaired) electrons. The van der Waals surface area contributed by atoms with Gasteiger partial charge in [-0.2, -0.15) is 5.10 Å². The van der Waals surface area contributed by atoms with Crippen LogP contribution in [-0.4, -0.2) is 49.9 Å². The lowest BCUT2D eigenvalue weighted by molar-refractivity contribution is -0.127. The van der Waals surface area contributed by atoms with E-state index in [1.54, 1.807) is 16.5 Å². The van der Waals surface area contributed by atoms with Gasteiger partial charge in [0.2, 0.25) is 11.8 Å². The van der Waals surface area contributed by atoms with Crippen molar-refractivity contribution in [2.24, 2.45) is 5.92 Å². The summed E-state index contributed by atoms with van der Waals surface area (Å²) >= 11 is 0. The van der Waals surface area contributed by atoms with Crippen molar-refractivity contribution in [3.05, 3.63) is 41.9 Å². The van der Waals surface area contributed by atoms with Gasteiger partial charge < -0.3 is 10.2 Å². The predicted molar refractivity (Wildman–Crippen MR) is 107 cm³/mol. The fraction of sp³-hybridized carbons (Fsp3) is 0.381. The lowest BCUT2D eigenvalue weighted by Gasteiger charge is -2.12. The van der Waals surface area contributed by atoms with Crippen LogP contribution in [0.25, 0.3) is 17.0 Å². The van der Waals surface area contributed by atoms with Crippen LogP contribution in [0.4, 0.5) is 5.69 Å². The third-order valence-corrected chi connectivity index (χ3v) is 5.70. The Morgan fingerprint density at radius 1 is 1.10 bits per heavy atom. The molecule has 2 aromatic heterocycles. The molecule has 1 aliphatic carbocycles. The van der Waals surface area contributed by atoms with Crippen LogP contribution >= 0.6 is 0 Å². The molecule has 0 spiro atoms. The third kappa shape index (κ3) is 3.35. The Balaban J connectivity index is 1.33. The second kappa shape index (κ2) is 6.95. The number of nitrogens with zero attached hydrogens (tertiary/aromatic N) is 5. The van der Waals surface area contributed by atoms with Gasteiger partial charge in [0.05, 0.1) is 29.2 Å². The van der Waals surface area contributed by atoms with Crippen LogP contribution in [-0.2, 0) is 22.4 Å². The first-order valence-corrected chi connectivity index (χ1v) is 9.97. The van der Waals surface area contributed by atoms with Gasteiger partial charge in [-0.05, 0) is 37.8 Å². The maximum absolute atomic E-state index is 12.4. The minimum Gasteiger partial charge on any atom is -0.345 e. The number of anilines is 1. The van der Waals surface area contributed by atoms with Crippen LogP contribution in [0.5, 0.6) is 0 Å². The summed E-state index contributed by atoms with van der Waals surface area (Å²) in [4.78, 5) is 34.9. The van der Waals surface area contributed by atoms with Gasteiger partial charge in [-0.1, -0.05) is 12.1 Å². The number of likely N-dealkylation sites (tertiary alicyclic amines) is 1. The van der Waals surface area contributed by atoms with E-state index in [1.165, 1.54) is 0 Å². The van der Waals surface area contributed by atoms with Crippen molar-refractivity contribution in [2.45, 2.75) is 32.1 Å². The van der Waals surface area contributed by atoms with E-state index >= 15 is 0 Å². The molecule has 148 valence electrons. The lowest BCUT2D eigenvalue weighted by atomic mass is 10.0. The number of nitrogens with one attached hydrogen (secondary N) is 1. The van der Waals surface area contributed by atoms with E-state index in [0.717, 1.165) is 48.3 Å². The van der Waals surface area contributed by atoms with Crippen LogP contribution in [0.15, 0.2) is 30.5 Å². The second-order valence-electron chi connectivity index (χ2n) is 7.82. The summed E-state index contributed by atoms with van der Waals surface area (Å²) in [7, 11) is 1.72. The normalized spacial score (nSPS) is 18.9. The second-order valence-corrected chi connectivity index (χ2v) is 7.82. The summed E-state index contributed by atoms with van der Waals surface area (Å²) in [6.07, 6.45) is 6.42. The number of hydrogen-bond donors (Lipinski definition) is 1. The fourth-order valence-corrected chi connectivity index (χ4v) is 4.01. The van der Waals surface area contributed by atoms with Gasteiger partial charge in [0.1, 0.15) is 0 Å². The number of imidazole rings is 1. The first-order valence-electron chi connectivity index (χ1n) is 9.97. The summed E-state index contributed by atoms with van der Waals surface area (Å²) in [6.45, 7) is 0.466. The van der Waals surface area contributed by atoms with Gasteiger partial charge in [-0.3, -0.25) is 9.59 Å². The van der Waals surface area contributed by atoms with E-state index in [1.807, 2.05) is 30.5 Å². The summed E-state index contributed by atoms with van der Waals surface area (Å²) in [5.74, 6) is 0.209. The SMILES string of the molecule is CN1C[C@@H](C(=O)Nc2ccc(-c3cn4nc5c(nc4n3)CCCC5)cc2)CC1=O. The largest absolute Gasteiger partial charge is 0.345 e. The van der Waals surface area contributed by atoms with Crippen molar-refractivity contribution in [3.8, 4) is 11.3 Å². The summed E-state index contributed by atoms with van der Waals surface area (Å²) in [5, 5.41) is 7.58. The minimum atomic E-state index is -0.297. The first kappa shape index (κ1) is 17.8. The molecular formula is C21H22N6O2. The van der Waals surface area contributed by atoms with E-state index < -0.39 is 0 Å². The highest BCUT2D eigenvalue weighted by Crippen LogP contribution is 2.24. The van der Waals surface area contributed by atoms with E-state index in [4.69, 9.17) is 0 Å². The number of amides is 2. The Morgan fingerprint density at radius 2 is 1.86 bits per heavy atom. The van der Waals surface area contributed by atoms with Gasteiger partial charge in [-0.15, -0.1) is 0 Å². The van der Waals surface area contributed by atoms with Gasteiger partial charge >= 0.3 is 0 Å². The van der Waals surface area contributed by atoms with Crippen molar-refractivity contribution in [1.29, 1.82) is 0 Å². The lowest BCUT2D eigenvalue weighted by Crippen LogP contribution is -2.25. The molecule has 1 atom stereocenters. The molecule has 5 rings (SSSR count). The molecule has 1 N–H and O–H groups in total. The Kier molecular flexibility index (Phi) is 4.26. The smallest absolute Gasteiger partial charge is 0.251 e. The highest BCUT2D eigenvalue weighted by molar-refractivity contribution is 5.97. The van der Waals surface area contributed by atoms with E-state index in [0.29, 0.717) is 18.0 Å². The highest BCUT2D eigenvalue weighted by atomic mass is 16.2. The summed E-state index contributed by atoms with van der Waals surface area (Å²) in [6, 6.07) is 7.54. The molecule has 8 nitrogen and oxygen atoms in total. The number of aryl methyl sites for hydroxylation is 2. The molecule has 1 aliphatic heterocycles. The number of rotatable bonds is 3. The number of benzene rings is 1. The Bertz CT molecular complexity index is 1060. The molecule has 0 bridgehead atoms. The molecule has 1 saturated heterocycles. The number of hydrogen-bond acceptors (Lipinski definition) is 5. The molecule has 0 unspecified atom stereocenters. The topological polar surface area (TPSA) is 92.5 Å². The minimum absolute atomic E-state index is 0.0104. The molecule has 2 amide bonds. The third-order valence-electron chi connectivity index (χ3n) is 5.70. The number of aromatic nitrogens is 4. The fourth-order valence-electron chi connectivity index (χ4n) is 4.01. The number of carbonyl (C=O) groups is 2. The Hall–Kier alpha value is -3.29. The van der Waals surface area contributed by atoms with Crippen LogP contribution < -0.4 is 5.32 Å². The standard InChI is InChI=1S/C21H22N6O2/c1-26-11-14(10-19(26)28)20(29)22-15-8-6-13(7-9-15)18-12-27-21(24-18)23-16-4-2-3-5-17(16)25-27/h6-9,12,14H,2-5,10-11H2,1H3,(H,22,29)/t14-/m0/s1. The van der Waals surface area contributed by atoms with Gasteiger partial charge in [0, 0.05) is 31.3 Å². The average Bonchev–Trinajstić information content (AvgIpc) is 3.29. The van der Waals surface area contributed by atoms with Crippen molar-refractivity contribution >= 4 is 23.3 Å². The molecule has 3 aromatic rings. The van der Waals surface area contributed by atoms with Crippen molar-refractivity contribution in [2.75, 3.05) is 18.9 Å². The van der Waals surface area contributed by atoms with E-state index in [9.17, 15) is 9.59 Å². The quantitative estimate of drug-likeness (QED) is 0.739. The van der Waals surface area contributed by atoms with Crippen molar-refractivity contribution < 1.29 is 9.59 Å². The van der Waals surface area contributed by atoms with Crippen LogP contribution in [0.3, 0.4) is 0 Å². The average molecular weight is 390 g/mol. The van der Waals surface area contributed by atoms with E-state index in [2.05, 4.69) is 20.4 Å². The van der Waals surface area contributed by atoms with Gasteiger partial charge in [0.25, 0.3) is 5.78 Å². The highest BCUT2D eigenvalue weighted by Gasteiger charge is 2.32. The molecule has 1 aromatic carbocycles. The van der Waals surface area contributed by atoms with Crippen LogP contribution in [0.1, 0.15) is 30.7 Å². The monoisotopic (exact) mass is 390 g/mol. The molecule has 29 heavy (non-hydrogen) atoms. The van der Waals surface area contributed by atoms with Crippen molar-refractivity contribution in [1.82, 2.24) is 24.5 Å². The number of fused-ring (bicyclic) bond motifs is 2. The number of carbonyl (C=O) groups excluding carboxylic acids is 2. The molecule has 2 aliphatic rings. The maximum atomic E-state index is 12.4. The Labute approximate surface area is 168 Å². The molecule has 3 heterocycles. The maximum Gasteiger partial charge on any atom is 0.251 e. The van der Waals surface area contributed by atoms with Crippen molar-refractivity contribution in [3.63, 3.8) is 0 Å².